The Morgan fingerprint density at radius 1 is 1.50 bits per heavy atom. The van der Waals surface area contributed by atoms with E-state index in [-0.39, 0.29) is 0 Å². The number of anilines is 1. The molecule has 6 heteroatoms. The first-order chi connectivity index (χ1) is 8.69. The molecule has 1 aliphatic heterocycles. The molecule has 0 bridgehead atoms. The molecule has 0 aliphatic carbocycles. The van der Waals surface area contributed by atoms with Gasteiger partial charge in [0.05, 0.1) is 0 Å². The van der Waals surface area contributed by atoms with Crippen molar-refractivity contribution in [3.8, 4) is 0 Å². The highest BCUT2D eigenvalue weighted by Gasteiger charge is 2.30. The maximum absolute atomic E-state index is 5.79. The van der Waals surface area contributed by atoms with Crippen LogP contribution in [-0.4, -0.2) is 38.7 Å². The van der Waals surface area contributed by atoms with Crippen LogP contribution in [0.1, 0.15) is 19.0 Å². The van der Waals surface area contributed by atoms with E-state index in [1.807, 2.05) is 11.4 Å². The average Bonchev–Trinajstić information content (AvgIpc) is 2.94. The first-order valence-electron chi connectivity index (χ1n) is 6.33. The minimum atomic E-state index is 0.479. The number of hydrogen-bond acceptors (Lipinski definition) is 5. The Morgan fingerprint density at radius 3 is 3.06 bits per heavy atom. The molecule has 2 N–H and O–H groups in total. The predicted octanol–water partition coefficient (Wildman–Crippen LogP) is 0.606. The van der Waals surface area contributed by atoms with Gasteiger partial charge in [-0.05, 0) is 32.7 Å². The topological polar surface area (TPSA) is 72.3 Å². The van der Waals surface area contributed by atoms with Crippen molar-refractivity contribution >= 4 is 11.6 Å². The normalized spacial score (nSPS) is 24.1. The highest BCUT2D eigenvalue weighted by molar-refractivity contribution is 5.48. The Bertz CT molecular complexity index is 563. The summed E-state index contributed by atoms with van der Waals surface area (Å²) in [5, 5.41) is 4.26. The number of aryl methyl sites for hydroxylation is 1. The lowest BCUT2D eigenvalue weighted by Gasteiger charge is -2.24. The summed E-state index contributed by atoms with van der Waals surface area (Å²) in [5.41, 5.74) is 6.75. The zero-order valence-electron chi connectivity index (χ0n) is 10.7. The quantitative estimate of drug-likeness (QED) is 0.840. The zero-order chi connectivity index (χ0) is 12.7. The van der Waals surface area contributed by atoms with Crippen LogP contribution >= 0.6 is 0 Å². The molecule has 2 aromatic rings. The minimum Gasteiger partial charge on any atom is -0.353 e. The molecule has 96 valence electrons. The van der Waals surface area contributed by atoms with E-state index in [0.29, 0.717) is 17.7 Å². The van der Waals surface area contributed by atoms with Gasteiger partial charge in [-0.25, -0.2) is 4.98 Å². The molecule has 0 saturated carbocycles. The van der Waals surface area contributed by atoms with Gasteiger partial charge in [0.2, 0.25) is 0 Å². The van der Waals surface area contributed by atoms with Crippen LogP contribution in [0.5, 0.6) is 0 Å². The van der Waals surface area contributed by atoms with Crippen molar-refractivity contribution in [3.05, 3.63) is 18.1 Å². The molecule has 0 aromatic carbocycles. The molecule has 0 radical (unpaired) electrons. The Balaban J connectivity index is 2.06. The Labute approximate surface area is 106 Å². The Morgan fingerprint density at radius 2 is 2.33 bits per heavy atom. The van der Waals surface area contributed by atoms with E-state index >= 15 is 0 Å². The van der Waals surface area contributed by atoms with Crippen molar-refractivity contribution in [2.75, 3.05) is 18.0 Å². The minimum absolute atomic E-state index is 0.479. The lowest BCUT2D eigenvalue weighted by Crippen LogP contribution is -2.29. The number of aromatic nitrogens is 4. The maximum atomic E-state index is 5.79. The van der Waals surface area contributed by atoms with E-state index in [9.17, 15) is 0 Å². The van der Waals surface area contributed by atoms with Crippen LogP contribution in [0.3, 0.4) is 0 Å². The van der Waals surface area contributed by atoms with Gasteiger partial charge in [0.15, 0.2) is 0 Å². The molecule has 18 heavy (non-hydrogen) atoms. The summed E-state index contributed by atoms with van der Waals surface area (Å²) in [4.78, 5) is 10.9. The van der Waals surface area contributed by atoms with Crippen molar-refractivity contribution < 1.29 is 0 Å². The van der Waals surface area contributed by atoms with E-state index in [4.69, 9.17) is 5.73 Å². The molecule has 2 aromatic heterocycles. The molecule has 0 spiro atoms. The van der Waals surface area contributed by atoms with Crippen LogP contribution in [0.25, 0.3) is 5.78 Å². The van der Waals surface area contributed by atoms with Gasteiger partial charge in [0, 0.05) is 24.3 Å². The number of nitrogens with two attached hydrogens (primary N) is 1. The second-order valence-corrected chi connectivity index (χ2v) is 5.07. The van der Waals surface area contributed by atoms with Crippen LogP contribution in [0.2, 0.25) is 0 Å². The van der Waals surface area contributed by atoms with Crippen LogP contribution in [0.15, 0.2) is 12.4 Å². The molecule has 1 aliphatic rings. The van der Waals surface area contributed by atoms with Crippen molar-refractivity contribution in [2.45, 2.75) is 26.3 Å². The van der Waals surface area contributed by atoms with E-state index < -0.39 is 0 Å². The third-order valence-electron chi connectivity index (χ3n) is 3.65. The molecule has 1 saturated heterocycles. The Kier molecular flexibility index (Phi) is 2.66. The first-order valence-corrected chi connectivity index (χ1v) is 6.33. The second kappa shape index (κ2) is 4.20. The van der Waals surface area contributed by atoms with E-state index in [1.165, 1.54) is 0 Å². The van der Waals surface area contributed by atoms with Gasteiger partial charge in [0.1, 0.15) is 12.1 Å². The fourth-order valence-corrected chi connectivity index (χ4v) is 2.75. The number of rotatable bonds is 2. The fourth-order valence-electron chi connectivity index (χ4n) is 2.75. The van der Waals surface area contributed by atoms with Crippen LogP contribution in [-0.2, 0) is 0 Å². The highest BCUT2D eigenvalue weighted by atomic mass is 15.4. The summed E-state index contributed by atoms with van der Waals surface area (Å²) in [6, 6.07) is 2.55. The van der Waals surface area contributed by atoms with Crippen LogP contribution in [0, 0.1) is 12.8 Å². The molecule has 1 fully saturated rings. The van der Waals surface area contributed by atoms with Crippen molar-refractivity contribution in [1.29, 1.82) is 0 Å². The smallest absolute Gasteiger partial charge is 0.254 e. The highest BCUT2D eigenvalue weighted by Crippen LogP contribution is 2.28. The standard InChI is InChI=1S/C12H18N6/c1-8-3-11(18-12(16-8)14-7-15-18)17-6-10(5-13)4-9(17)2/h3,7,9-10H,4-6,13H2,1-2H3. The zero-order valence-corrected chi connectivity index (χ0v) is 10.7. The van der Waals surface area contributed by atoms with Gasteiger partial charge in [-0.15, -0.1) is 0 Å². The molecule has 0 amide bonds. The first kappa shape index (κ1) is 11.4. The molecule has 3 heterocycles. The molecule has 3 rings (SSSR count). The number of nitrogens with zero attached hydrogens (tertiary/aromatic N) is 5. The van der Waals surface area contributed by atoms with Gasteiger partial charge in [-0.2, -0.15) is 14.6 Å². The van der Waals surface area contributed by atoms with Gasteiger partial charge < -0.3 is 10.6 Å². The molecule has 2 unspecified atom stereocenters. The van der Waals surface area contributed by atoms with Gasteiger partial charge in [-0.1, -0.05) is 0 Å². The van der Waals surface area contributed by atoms with Crippen molar-refractivity contribution in [1.82, 2.24) is 19.6 Å². The lowest BCUT2D eigenvalue weighted by molar-refractivity contribution is 0.579. The second-order valence-electron chi connectivity index (χ2n) is 5.07. The number of fused-ring (bicyclic) bond motifs is 1. The fraction of sp³-hybridized carbons (Fsp3) is 0.583. The predicted molar refractivity (Wildman–Crippen MR) is 69.5 cm³/mol. The monoisotopic (exact) mass is 246 g/mol. The average molecular weight is 246 g/mol. The molecule has 6 nitrogen and oxygen atoms in total. The largest absolute Gasteiger partial charge is 0.353 e. The maximum Gasteiger partial charge on any atom is 0.254 e. The van der Waals surface area contributed by atoms with E-state index in [2.05, 4.69) is 33.0 Å². The van der Waals surface area contributed by atoms with Crippen molar-refractivity contribution in [2.24, 2.45) is 11.7 Å². The summed E-state index contributed by atoms with van der Waals surface area (Å²) >= 11 is 0. The molecular weight excluding hydrogens is 228 g/mol. The van der Waals surface area contributed by atoms with Crippen LogP contribution < -0.4 is 10.6 Å². The third kappa shape index (κ3) is 1.73. The van der Waals surface area contributed by atoms with Crippen molar-refractivity contribution in [3.63, 3.8) is 0 Å². The van der Waals surface area contributed by atoms with Gasteiger partial charge in [0.25, 0.3) is 5.78 Å². The van der Waals surface area contributed by atoms with E-state index in [0.717, 1.165) is 31.0 Å². The third-order valence-corrected chi connectivity index (χ3v) is 3.65. The summed E-state index contributed by atoms with van der Waals surface area (Å²) in [7, 11) is 0. The molecule has 2 atom stereocenters. The Hall–Kier alpha value is -1.69. The van der Waals surface area contributed by atoms with E-state index in [1.54, 1.807) is 6.33 Å². The van der Waals surface area contributed by atoms with Gasteiger partial charge in [-0.3, -0.25) is 0 Å². The lowest BCUT2D eigenvalue weighted by atomic mass is 10.1. The summed E-state index contributed by atoms with van der Waals surface area (Å²) in [6.45, 7) is 5.94. The SMILES string of the molecule is Cc1cc(N2CC(CN)CC2C)n2ncnc2n1. The molecular formula is C12H18N6. The summed E-state index contributed by atoms with van der Waals surface area (Å²) in [5.74, 6) is 2.29. The summed E-state index contributed by atoms with van der Waals surface area (Å²) < 4.78 is 1.81. The van der Waals surface area contributed by atoms with Gasteiger partial charge >= 0.3 is 0 Å². The summed E-state index contributed by atoms with van der Waals surface area (Å²) in [6.07, 6.45) is 2.68. The number of hydrogen-bond donors (Lipinski definition) is 1. The van der Waals surface area contributed by atoms with Crippen LogP contribution in [0.4, 0.5) is 5.82 Å².